The summed E-state index contributed by atoms with van der Waals surface area (Å²) in [4.78, 5) is 12.0. The maximum absolute atomic E-state index is 12.0. The number of aromatic hydroxyl groups is 2. The fourth-order valence-corrected chi connectivity index (χ4v) is 2.66. The van der Waals surface area contributed by atoms with E-state index < -0.39 is 0 Å². The van der Waals surface area contributed by atoms with Gasteiger partial charge in [-0.1, -0.05) is 0 Å². The first kappa shape index (κ1) is 13.0. The van der Waals surface area contributed by atoms with Gasteiger partial charge in [-0.25, -0.2) is 0 Å². The van der Waals surface area contributed by atoms with Crippen molar-refractivity contribution in [2.45, 2.75) is 0 Å². The van der Waals surface area contributed by atoms with Crippen LogP contribution in [0.15, 0.2) is 36.4 Å². The van der Waals surface area contributed by atoms with Gasteiger partial charge in [-0.15, -0.1) is 0 Å². The largest absolute Gasteiger partial charge is 0.508 e. The van der Waals surface area contributed by atoms with Crippen molar-refractivity contribution in [3.05, 3.63) is 51.1 Å². The lowest BCUT2D eigenvalue weighted by Crippen LogP contribution is -2.03. The zero-order valence-electron chi connectivity index (χ0n) is 10.2. The normalized spacial score (nSPS) is 15.2. The summed E-state index contributed by atoms with van der Waals surface area (Å²) < 4.78 is 1.03. The van der Waals surface area contributed by atoms with E-state index in [1.807, 2.05) is 18.2 Å². The summed E-state index contributed by atoms with van der Waals surface area (Å²) in [5.41, 5.74) is 2.68. The Balaban J connectivity index is 2.12. The van der Waals surface area contributed by atoms with Crippen molar-refractivity contribution in [1.29, 1.82) is 0 Å². The molecule has 3 N–H and O–H groups in total. The maximum Gasteiger partial charge on any atom is 0.256 e. The van der Waals surface area contributed by atoms with Crippen LogP contribution in [0.3, 0.4) is 0 Å². The van der Waals surface area contributed by atoms with E-state index in [1.54, 1.807) is 6.08 Å². The van der Waals surface area contributed by atoms with Crippen LogP contribution in [0.5, 0.6) is 11.5 Å². The SMILES string of the molecule is O=C1Nc2ccc(I)cc2C1=Cc1cc(O)cc(O)c1. The minimum Gasteiger partial charge on any atom is -0.508 e. The number of rotatable bonds is 1. The second-order valence-corrected chi connectivity index (χ2v) is 5.73. The molecule has 1 aliphatic rings. The molecular weight excluding hydrogens is 369 g/mol. The molecule has 0 atom stereocenters. The Bertz CT molecular complexity index is 733. The number of fused-ring (bicyclic) bond motifs is 1. The highest BCUT2D eigenvalue weighted by Gasteiger charge is 2.24. The van der Waals surface area contributed by atoms with Gasteiger partial charge in [0.25, 0.3) is 5.91 Å². The zero-order valence-corrected chi connectivity index (χ0v) is 12.4. The summed E-state index contributed by atoms with van der Waals surface area (Å²) in [5.74, 6) is -0.277. The zero-order chi connectivity index (χ0) is 14.3. The summed E-state index contributed by atoms with van der Waals surface area (Å²) in [6, 6.07) is 9.92. The van der Waals surface area contributed by atoms with Gasteiger partial charge >= 0.3 is 0 Å². The molecule has 0 aromatic heterocycles. The molecule has 2 aromatic carbocycles. The molecule has 2 aromatic rings. The summed E-state index contributed by atoms with van der Waals surface area (Å²) in [6.07, 6.45) is 1.65. The molecule has 1 aliphatic heterocycles. The molecule has 0 fully saturated rings. The molecule has 0 saturated heterocycles. The quantitative estimate of drug-likeness (QED) is 0.527. The highest BCUT2D eigenvalue weighted by molar-refractivity contribution is 14.1. The topological polar surface area (TPSA) is 69.6 Å². The number of amides is 1. The summed E-state index contributed by atoms with van der Waals surface area (Å²) >= 11 is 2.19. The molecule has 0 spiro atoms. The van der Waals surface area contributed by atoms with E-state index in [1.165, 1.54) is 18.2 Å². The van der Waals surface area contributed by atoms with Crippen LogP contribution in [-0.2, 0) is 4.79 Å². The highest BCUT2D eigenvalue weighted by Crippen LogP contribution is 2.35. The van der Waals surface area contributed by atoms with Crippen molar-refractivity contribution in [2.24, 2.45) is 0 Å². The van der Waals surface area contributed by atoms with Crippen LogP contribution >= 0.6 is 22.6 Å². The Morgan fingerprint density at radius 3 is 2.45 bits per heavy atom. The van der Waals surface area contributed by atoms with Crippen LogP contribution in [0.4, 0.5) is 5.69 Å². The van der Waals surface area contributed by atoms with Crippen molar-refractivity contribution < 1.29 is 15.0 Å². The molecule has 0 aliphatic carbocycles. The van der Waals surface area contributed by atoms with Crippen molar-refractivity contribution >= 4 is 45.8 Å². The minimum absolute atomic E-state index is 0.0434. The molecule has 0 saturated carbocycles. The average Bonchev–Trinajstić information content (AvgIpc) is 2.65. The van der Waals surface area contributed by atoms with E-state index >= 15 is 0 Å². The first-order valence-corrected chi connectivity index (χ1v) is 6.97. The third-order valence-corrected chi connectivity index (χ3v) is 3.67. The highest BCUT2D eigenvalue weighted by atomic mass is 127. The molecular formula is C15H10INO3. The Kier molecular flexibility index (Phi) is 3.13. The number of phenols is 2. The Morgan fingerprint density at radius 1 is 1.05 bits per heavy atom. The van der Waals surface area contributed by atoms with E-state index in [-0.39, 0.29) is 17.4 Å². The number of phenolic OH excluding ortho intramolecular Hbond substituents is 2. The van der Waals surface area contributed by atoms with E-state index in [4.69, 9.17) is 0 Å². The Labute approximate surface area is 128 Å². The minimum atomic E-state index is -0.190. The Morgan fingerprint density at radius 2 is 1.75 bits per heavy atom. The summed E-state index contributed by atoms with van der Waals surface area (Å²) in [6.45, 7) is 0. The lowest BCUT2D eigenvalue weighted by molar-refractivity contribution is -0.110. The molecule has 0 radical (unpaired) electrons. The van der Waals surface area contributed by atoms with Crippen molar-refractivity contribution in [2.75, 3.05) is 5.32 Å². The Hall–Kier alpha value is -2.02. The molecule has 100 valence electrons. The van der Waals surface area contributed by atoms with Gasteiger partial charge in [-0.05, 0) is 64.6 Å². The van der Waals surface area contributed by atoms with Gasteiger partial charge < -0.3 is 15.5 Å². The number of benzene rings is 2. The van der Waals surface area contributed by atoms with Gasteiger partial charge in [0.2, 0.25) is 0 Å². The molecule has 0 bridgehead atoms. The van der Waals surface area contributed by atoms with Gasteiger partial charge in [0.1, 0.15) is 11.5 Å². The second-order valence-electron chi connectivity index (χ2n) is 4.48. The van der Waals surface area contributed by atoms with Crippen molar-refractivity contribution in [3.63, 3.8) is 0 Å². The van der Waals surface area contributed by atoms with Gasteiger partial charge in [-0.3, -0.25) is 4.79 Å². The van der Waals surface area contributed by atoms with Crippen LogP contribution in [-0.4, -0.2) is 16.1 Å². The number of anilines is 1. The summed E-state index contributed by atoms with van der Waals surface area (Å²) in [7, 11) is 0. The van der Waals surface area contributed by atoms with Gasteiger partial charge in [-0.2, -0.15) is 0 Å². The number of carbonyl (C=O) groups excluding carboxylic acids is 1. The third kappa shape index (κ3) is 2.36. The summed E-state index contributed by atoms with van der Waals surface area (Å²) in [5, 5.41) is 21.8. The van der Waals surface area contributed by atoms with Crippen LogP contribution in [0, 0.1) is 3.57 Å². The predicted octanol–water partition coefficient (Wildman–Crippen LogP) is 3.20. The lowest BCUT2D eigenvalue weighted by atomic mass is 10.0. The van der Waals surface area contributed by atoms with Crippen LogP contribution in [0.25, 0.3) is 11.6 Å². The van der Waals surface area contributed by atoms with Crippen molar-refractivity contribution in [1.82, 2.24) is 0 Å². The van der Waals surface area contributed by atoms with Gasteiger partial charge in [0, 0.05) is 26.5 Å². The maximum atomic E-state index is 12.0. The monoisotopic (exact) mass is 379 g/mol. The number of nitrogens with one attached hydrogen (secondary N) is 1. The number of carbonyl (C=O) groups is 1. The fourth-order valence-electron chi connectivity index (χ4n) is 2.17. The number of hydrogen-bond acceptors (Lipinski definition) is 3. The van der Waals surface area contributed by atoms with E-state index in [2.05, 4.69) is 27.9 Å². The van der Waals surface area contributed by atoms with Crippen LogP contribution in [0.2, 0.25) is 0 Å². The average molecular weight is 379 g/mol. The number of hydrogen-bond donors (Lipinski definition) is 3. The van der Waals surface area contributed by atoms with Gasteiger partial charge in [0.15, 0.2) is 0 Å². The standard InChI is InChI=1S/C15H10INO3/c16-9-1-2-14-12(6-9)13(15(20)17-14)5-8-3-10(18)7-11(19)4-8/h1-7,18-19H,(H,17,20). The molecule has 1 amide bonds. The lowest BCUT2D eigenvalue weighted by Gasteiger charge is -2.01. The van der Waals surface area contributed by atoms with Crippen molar-refractivity contribution in [3.8, 4) is 11.5 Å². The molecule has 4 nitrogen and oxygen atoms in total. The molecule has 20 heavy (non-hydrogen) atoms. The predicted molar refractivity (Wildman–Crippen MR) is 85.4 cm³/mol. The molecule has 1 heterocycles. The third-order valence-electron chi connectivity index (χ3n) is 3.00. The molecule has 0 unspecified atom stereocenters. The van der Waals surface area contributed by atoms with E-state index in [0.29, 0.717) is 11.1 Å². The van der Waals surface area contributed by atoms with Crippen LogP contribution in [0.1, 0.15) is 11.1 Å². The smallest absolute Gasteiger partial charge is 0.256 e. The van der Waals surface area contributed by atoms with E-state index in [9.17, 15) is 15.0 Å². The first-order chi connectivity index (χ1) is 9.52. The first-order valence-electron chi connectivity index (χ1n) is 5.89. The van der Waals surface area contributed by atoms with Crippen LogP contribution < -0.4 is 5.32 Å². The van der Waals surface area contributed by atoms with E-state index in [0.717, 1.165) is 14.8 Å². The molecule has 3 rings (SSSR count). The molecule has 5 heteroatoms. The number of halogens is 1. The van der Waals surface area contributed by atoms with Gasteiger partial charge in [0.05, 0.1) is 0 Å². The fraction of sp³-hybridized carbons (Fsp3) is 0. The second kappa shape index (κ2) is 4.82.